The van der Waals surface area contributed by atoms with Gasteiger partial charge in [-0.2, -0.15) is 5.10 Å². The summed E-state index contributed by atoms with van der Waals surface area (Å²) >= 11 is 6.19. The molecule has 0 aliphatic heterocycles. The minimum atomic E-state index is -0.753. The first kappa shape index (κ1) is 16.4. The second kappa shape index (κ2) is 6.59. The van der Waals surface area contributed by atoms with Gasteiger partial charge in [-0.15, -0.1) is 0 Å². The second-order valence-electron chi connectivity index (χ2n) is 5.51. The van der Waals surface area contributed by atoms with Crippen molar-refractivity contribution in [2.75, 3.05) is 12.4 Å². The van der Waals surface area contributed by atoms with Crippen LogP contribution >= 0.6 is 11.6 Å². The van der Waals surface area contributed by atoms with Gasteiger partial charge in [-0.3, -0.25) is 9.48 Å². The Labute approximate surface area is 144 Å². The fraction of sp³-hybridized carbons (Fsp3) is 0.235. The largest absolute Gasteiger partial charge is 0.367 e. The van der Waals surface area contributed by atoms with Crippen LogP contribution in [-0.4, -0.2) is 27.8 Å². The van der Waals surface area contributed by atoms with Crippen molar-refractivity contribution >= 4 is 34.2 Å². The number of ether oxygens (including phenoxy) is 1. The number of hydrogen-bond donors (Lipinski definition) is 1. The molecule has 2 aromatic heterocycles. The van der Waals surface area contributed by atoms with Crippen molar-refractivity contribution in [1.29, 1.82) is 0 Å². The van der Waals surface area contributed by atoms with Crippen LogP contribution in [0.1, 0.15) is 17.2 Å². The van der Waals surface area contributed by atoms with Crippen molar-refractivity contribution in [3.05, 3.63) is 52.8 Å². The lowest BCUT2D eigenvalue weighted by atomic mass is 10.1. The molecule has 1 atom stereocenters. The molecule has 0 bridgehead atoms. The molecule has 24 heavy (non-hydrogen) atoms. The Bertz CT molecular complexity index is 907. The topological polar surface area (TPSA) is 69.0 Å². The van der Waals surface area contributed by atoms with E-state index in [4.69, 9.17) is 16.3 Å². The molecule has 0 radical (unpaired) electrons. The van der Waals surface area contributed by atoms with E-state index in [0.29, 0.717) is 16.4 Å². The SMILES string of the molecule is COC(C(=O)Nc1ccc2c(Cl)ccc(C)c2n1)c1cnn(C)c1. The van der Waals surface area contributed by atoms with Crippen LogP contribution < -0.4 is 5.32 Å². The molecular weight excluding hydrogens is 328 g/mol. The quantitative estimate of drug-likeness (QED) is 0.788. The summed E-state index contributed by atoms with van der Waals surface area (Å²) in [6.07, 6.45) is 2.59. The number of carbonyl (C=O) groups excluding carboxylic acids is 1. The van der Waals surface area contributed by atoms with Crippen molar-refractivity contribution in [3.8, 4) is 0 Å². The lowest BCUT2D eigenvalue weighted by Gasteiger charge is -2.14. The van der Waals surface area contributed by atoms with E-state index in [1.807, 2.05) is 25.1 Å². The van der Waals surface area contributed by atoms with Crippen molar-refractivity contribution in [2.24, 2.45) is 7.05 Å². The lowest BCUT2D eigenvalue weighted by Crippen LogP contribution is -2.22. The van der Waals surface area contributed by atoms with Gasteiger partial charge in [0.15, 0.2) is 6.10 Å². The average molecular weight is 345 g/mol. The van der Waals surface area contributed by atoms with E-state index in [-0.39, 0.29) is 5.91 Å². The molecule has 1 N–H and O–H groups in total. The van der Waals surface area contributed by atoms with Crippen LogP contribution in [0.5, 0.6) is 0 Å². The highest BCUT2D eigenvalue weighted by Gasteiger charge is 2.22. The Morgan fingerprint density at radius 2 is 2.12 bits per heavy atom. The summed E-state index contributed by atoms with van der Waals surface area (Å²) in [6.45, 7) is 1.95. The number of carbonyl (C=O) groups is 1. The summed E-state index contributed by atoms with van der Waals surface area (Å²) in [4.78, 5) is 17.0. The van der Waals surface area contributed by atoms with Crippen molar-refractivity contribution in [1.82, 2.24) is 14.8 Å². The summed E-state index contributed by atoms with van der Waals surface area (Å²) in [5.41, 5.74) is 2.43. The minimum absolute atomic E-state index is 0.308. The molecule has 1 aromatic carbocycles. The number of methoxy groups -OCH3 is 1. The first-order chi connectivity index (χ1) is 11.5. The highest BCUT2D eigenvalue weighted by molar-refractivity contribution is 6.35. The Morgan fingerprint density at radius 1 is 1.33 bits per heavy atom. The maximum absolute atomic E-state index is 12.5. The fourth-order valence-electron chi connectivity index (χ4n) is 2.55. The number of aromatic nitrogens is 3. The number of nitrogens with zero attached hydrogens (tertiary/aromatic N) is 3. The zero-order valence-electron chi connectivity index (χ0n) is 13.6. The molecule has 0 aliphatic carbocycles. The van der Waals surface area contributed by atoms with Gasteiger partial charge in [-0.25, -0.2) is 4.98 Å². The molecule has 6 nitrogen and oxygen atoms in total. The number of aryl methyl sites for hydroxylation is 2. The third kappa shape index (κ3) is 3.11. The van der Waals surface area contributed by atoms with Crippen LogP contribution in [0, 0.1) is 6.92 Å². The predicted octanol–water partition coefficient (Wildman–Crippen LogP) is 3.26. The predicted molar refractivity (Wildman–Crippen MR) is 93.1 cm³/mol. The number of halogens is 1. The molecule has 0 aliphatic rings. The molecule has 1 unspecified atom stereocenters. The van der Waals surface area contributed by atoms with Gasteiger partial charge in [0.05, 0.1) is 11.7 Å². The van der Waals surface area contributed by atoms with Crippen LogP contribution in [0.25, 0.3) is 10.9 Å². The minimum Gasteiger partial charge on any atom is -0.367 e. The van der Waals surface area contributed by atoms with Gasteiger partial charge in [0.1, 0.15) is 5.82 Å². The Morgan fingerprint density at radius 3 is 2.79 bits per heavy atom. The maximum Gasteiger partial charge on any atom is 0.259 e. The maximum atomic E-state index is 12.5. The second-order valence-corrected chi connectivity index (χ2v) is 5.92. The van der Waals surface area contributed by atoms with Crippen LogP contribution in [0.4, 0.5) is 5.82 Å². The number of benzene rings is 1. The van der Waals surface area contributed by atoms with E-state index in [1.165, 1.54) is 7.11 Å². The van der Waals surface area contributed by atoms with Crippen molar-refractivity contribution in [2.45, 2.75) is 13.0 Å². The molecule has 0 spiro atoms. The van der Waals surface area contributed by atoms with E-state index in [1.54, 1.807) is 30.2 Å². The first-order valence-electron chi connectivity index (χ1n) is 7.37. The summed E-state index contributed by atoms with van der Waals surface area (Å²) in [5, 5.41) is 8.33. The zero-order valence-corrected chi connectivity index (χ0v) is 14.3. The molecule has 1 amide bonds. The number of anilines is 1. The Balaban J connectivity index is 1.88. The zero-order chi connectivity index (χ0) is 17.3. The van der Waals surface area contributed by atoms with Gasteiger partial charge in [0.25, 0.3) is 5.91 Å². The van der Waals surface area contributed by atoms with E-state index in [9.17, 15) is 4.79 Å². The van der Waals surface area contributed by atoms with Crippen molar-refractivity contribution in [3.63, 3.8) is 0 Å². The molecule has 7 heteroatoms. The molecule has 3 rings (SSSR count). The number of pyridine rings is 1. The molecule has 0 saturated carbocycles. The van der Waals surface area contributed by atoms with E-state index in [2.05, 4.69) is 15.4 Å². The van der Waals surface area contributed by atoms with Crippen LogP contribution in [0.2, 0.25) is 5.02 Å². The van der Waals surface area contributed by atoms with E-state index in [0.717, 1.165) is 16.5 Å². The Kier molecular flexibility index (Phi) is 4.51. The number of rotatable bonds is 4. The monoisotopic (exact) mass is 344 g/mol. The highest BCUT2D eigenvalue weighted by Crippen LogP contribution is 2.26. The van der Waals surface area contributed by atoms with Gasteiger partial charge in [-0.1, -0.05) is 17.7 Å². The van der Waals surface area contributed by atoms with Crippen LogP contribution in [-0.2, 0) is 16.6 Å². The fourth-order valence-corrected chi connectivity index (χ4v) is 2.77. The van der Waals surface area contributed by atoms with E-state index < -0.39 is 6.10 Å². The van der Waals surface area contributed by atoms with Gasteiger partial charge >= 0.3 is 0 Å². The summed E-state index contributed by atoms with van der Waals surface area (Å²) in [5.74, 6) is 0.140. The summed E-state index contributed by atoms with van der Waals surface area (Å²) in [7, 11) is 3.26. The summed E-state index contributed by atoms with van der Waals surface area (Å²) in [6, 6.07) is 7.31. The number of amides is 1. The molecule has 0 saturated heterocycles. The van der Waals surface area contributed by atoms with Gasteiger partial charge in [0.2, 0.25) is 0 Å². The molecular formula is C17H17ClN4O2. The normalized spacial score (nSPS) is 12.3. The number of nitrogens with one attached hydrogen (secondary N) is 1. The van der Waals surface area contributed by atoms with Gasteiger partial charge in [-0.05, 0) is 30.7 Å². The third-order valence-electron chi connectivity index (χ3n) is 3.76. The lowest BCUT2D eigenvalue weighted by molar-refractivity contribution is -0.126. The highest BCUT2D eigenvalue weighted by atomic mass is 35.5. The van der Waals surface area contributed by atoms with Crippen LogP contribution in [0.3, 0.4) is 0 Å². The smallest absolute Gasteiger partial charge is 0.259 e. The number of fused-ring (bicyclic) bond motifs is 1. The Hall–Kier alpha value is -2.44. The molecule has 0 fully saturated rings. The summed E-state index contributed by atoms with van der Waals surface area (Å²) < 4.78 is 6.92. The standard InChI is InChI=1S/C17H17ClN4O2/c1-10-4-6-13(18)12-5-7-14(20-15(10)12)21-17(23)16(24-3)11-8-19-22(2)9-11/h4-9,16H,1-3H3,(H,20,21,23). The van der Waals surface area contributed by atoms with Gasteiger partial charge < -0.3 is 10.1 Å². The van der Waals surface area contributed by atoms with Gasteiger partial charge in [0, 0.05) is 36.3 Å². The molecule has 3 aromatic rings. The van der Waals surface area contributed by atoms with Crippen molar-refractivity contribution < 1.29 is 9.53 Å². The third-order valence-corrected chi connectivity index (χ3v) is 4.09. The average Bonchev–Trinajstić information content (AvgIpc) is 2.98. The molecule has 2 heterocycles. The van der Waals surface area contributed by atoms with E-state index >= 15 is 0 Å². The molecule has 124 valence electrons. The van der Waals surface area contributed by atoms with Crippen LogP contribution in [0.15, 0.2) is 36.7 Å². The number of hydrogen-bond acceptors (Lipinski definition) is 4. The first-order valence-corrected chi connectivity index (χ1v) is 7.75.